The van der Waals surface area contributed by atoms with Crippen molar-refractivity contribution in [3.63, 3.8) is 0 Å². The molecule has 0 amide bonds. The van der Waals surface area contributed by atoms with E-state index >= 15 is 0 Å². The summed E-state index contributed by atoms with van der Waals surface area (Å²) in [6, 6.07) is 1.16. The van der Waals surface area contributed by atoms with Crippen molar-refractivity contribution in [3.8, 4) is 0 Å². The van der Waals surface area contributed by atoms with Crippen molar-refractivity contribution in [1.29, 1.82) is 0 Å². The molecule has 0 bridgehead atoms. The lowest BCUT2D eigenvalue weighted by Gasteiger charge is -2.27. The molecule has 0 radical (unpaired) electrons. The summed E-state index contributed by atoms with van der Waals surface area (Å²) in [5.74, 6) is 0.859. The van der Waals surface area contributed by atoms with Crippen LogP contribution in [0.5, 0.6) is 0 Å². The molecule has 1 saturated carbocycles. The van der Waals surface area contributed by atoms with Crippen LogP contribution in [-0.2, 0) is 0 Å². The first-order valence-corrected chi connectivity index (χ1v) is 5.63. The maximum atomic E-state index is 5.90. The van der Waals surface area contributed by atoms with Crippen LogP contribution in [0, 0.1) is 5.92 Å². The minimum Gasteiger partial charge on any atom is -0.328 e. The summed E-state index contributed by atoms with van der Waals surface area (Å²) in [6.45, 7) is 9.22. The number of hydrogen-bond acceptors (Lipinski definition) is 2. The summed E-state index contributed by atoms with van der Waals surface area (Å²) in [5.41, 5.74) is 5.90. The highest BCUT2D eigenvalue weighted by Crippen LogP contribution is 2.25. The lowest BCUT2D eigenvalue weighted by atomic mass is 10.1. The highest BCUT2D eigenvalue weighted by Gasteiger charge is 2.23. The monoisotopic (exact) mass is 184 g/mol. The number of rotatable bonds is 4. The van der Waals surface area contributed by atoms with E-state index in [9.17, 15) is 0 Å². The molecule has 2 unspecified atom stereocenters. The third kappa shape index (κ3) is 3.28. The molecule has 2 nitrogen and oxygen atoms in total. The molecule has 13 heavy (non-hydrogen) atoms. The predicted octanol–water partition coefficient (Wildman–Crippen LogP) is 1.84. The van der Waals surface area contributed by atoms with Gasteiger partial charge in [0.25, 0.3) is 0 Å². The van der Waals surface area contributed by atoms with E-state index in [1.54, 1.807) is 0 Å². The fourth-order valence-corrected chi connectivity index (χ4v) is 2.32. The maximum absolute atomic E-state index is 5.90. The fraction of sp³-hybridized carbons (Fsp3) is 1.00. The molecule has 1 aliphatic rings. The molecule has 0 heterocycles. The van der Waals surface area contributed by atoms with Gasteiger partial charge in [0.1, 0.15) is 0 Å². The largest absolute Gasteiger partial charge is 0.328 e. The Balaban J connectivity index is 2.30. The first-order valence-electron chi connectivity index (χ1n) is 5.63. The Bertz CT molecular complexity index is 145. The van der Waals surface area contributed by atoms with Crippen molar-refractivity contribution in [2.75, 3.05) is 13.1 Å². The van der Waals surface area contributed by atoms with Crippen molar-refractivity contribution in [3.05, 3.63) is 0 Å². The summed E-state index contributed by atoms with van der Waals surface area (Å²) in [4.78, 5) is 2.54. The molecule has 2 atom stereocenters. The zero-order valence-electron chi connectivity index (χ0n) is 9.29. The molecule has 0 saturated heterocycles. The number of hydrogen-bond donors (Lipinski definition) is 1. The first kappa shape index (κ1) is 11.0. The Hall–Kier alpha value is -0.0800. The highest BCUT2D eigenvalue weighted by atomic mass is 15.1. The van der Waals surface area contributed by atoms with E-state index in [0.29, 0.717) is 12.1 Å². The third-order valence-corrected chi connectivity index (χ3v) is 3.21. The number of nitrogens with zero attached hydrogens (tertiary/aromatic N) is 1. The molecular formula is C11H24N2. The van der Waals surface area contributed by atoms with Gasteiger partial charge in [-0.2, -0.15) is 0 Å². The molecule has 1 aliphatic carbocycles. The van der Waals surface area contributed by atoms with Crippen molar-refractivity contribution < 1.29 is 0 Å². The van der Waals surface area contributed by atoms with Crippen LogP contribution < -0.4 is 5.73 Å². The Kier molecular flexibility index (Phi) is 4.20. The van der Waals surface area contributed by atoms with Gasteiger partial charge in [0, 0.05) is 18.6 Å². The van der Waals surface area contributed by atoms with Gasteiger partial charge >= 0.3 is 0 Å². The Labute approximate surface area is 82.5 Å². The molecule has 1 fully saturated rings. The number of nitrogens with two attached hydrogens (primary N) is 1. The van der Waals surface area contributed by atoms with Crippen LogP contribution in [0.1, 0.15) is 40.0 Å². The fourth-order valence-electron chi connectivity index (χ4n) is 2.32. The Morgan fingerprint density at radius 2 is 2.08 bits per heavy atom. The lowest BCUT2D eigenvalue weighted by molar-refractivity contribution is 0.197. The summed E-state index contributed by atoms with van der Waals surface area (Å²) in [6.07, 6.45) is 3.81. The van der Waals surface area contributed by atoms with Crippen LogP contribution in [0.4, 0.5) is 0 Å². The highest BCUT2D eigenvalue weighted by molar-refractivity contribution is 4.80. The zero-order valence-corrected chi connectivity index (χ0v) is 9.29. The van der Waals surface area contributed by atoms with Crippen molar-refractivity contribution in [2.24, 2.45) is 11.7 Å². The standard InChI is InChI=1S/C11H24N2/c1-4-13(9(2)3)8-10-5-6-11(12)7-10/h9-11H,4-8,12H2,1-3H3. The van der Waals surface area contributed by atoms with E-state index in [1.807, 2.05) is 0 Å². The molecule has 78 valence electrons. The van der Waals surface area contributed by atoms with Gasteiger partial charge in [-0.1, -0.05) is 6.92 Å². The maximum Gasteiger partial charge on any atom is 0.00420 e. The van der Waals surface area contributed by atoms with Crippen molar-refractivity contribution in [1.82, 2.24) is 4.90 Å². The van der Waals surface area contributed by atoms with E-state index in [-0.39, 0.29) is 0 Å². The Morgan fingerprint density at radius 1 is 1.38 bits per heavy atom. The minimum atomic E-state index is 0.482. The van der Waals surface area contributed by atoms with E-state index in [0.717, 1.165) is 5.92 Å². The van der Waals surface area contributed by atoms with Crippen LogP contribution in [0.2, 0.25) is 0 Å². The van der Waals surface area contributed by atoms with Gasteiger partial charge in [0.05, 0.1) is 0 Å². The smallest absolute Gasteiger partial charge is 0.00420 e. The van der Waals surface area contributed by atoms with Gasteiger partial charge in [-0.25, -0.2) is 0 Å². The summed E-state index contributed by atoms with van der Waals surface area (Å²) < 4.78 is 0. The third-order valence-electron chi connectivity index (χ3n) is 3.21. The van der Waals surface area contributed by atoms with Crippen LogP contribution in [0.15, 0.2) is 0 Å². The predicted molar refractivity (Wildman–Crippen MR) is 57.7 cm³/mol. The second-order valence-corrected chi connectivity index (χ2v) is 4.62. The van der Waals surface area contributed by atoms with Crippen molar-refractivity contribution in [2.45, 2.75) is 52.1 Å². The summed E-state index contributed by atoms with van der Waals surface area (Å²) in [7, 11) is 0. The van der Waals surface area contributed by atoms with Crippen LogP contribution in [-0.4, -0.2) is 30.1 Å². The van der Waals surface area contributed by atoms with Gasteiger partial charge in [0.2, 0.25) is 0 Å². The van der Waals surface area contributed by atoms with E-state index in [1.165, 1.54) is 32.4 Å². The quantitative estimate of drug-likeness (QED) is 0.722. The van der Waals surface area contributed by atoms with Crippen molar-refractivity contribution >= 4 is 0 Å². The molecule has 0 aliphatic heterocycles. The van der Waals surface area contributed by atoms with E-state index in [4.69, 9.17) is 5.73 Å². The van der Waals surface area contributed by atoms with Crippen LogP contribution in [0.3, 0.4) is 0 Å². The molecular weight excluding hydrogens is 160 g/mol. The SMILES string of the molecule is CCN(CC1CCC(N)C1)C(C)C. The summed E-state index contributed by atoms with van der Waals surface area (Å²) in [5, 5.41) is 0. The lowest BCUT2D eigenvalue weighted by Crippen LogP contribution is -2.34. The average Bonchev–Trinajstić information content (AvgIpc) is 2.46. The van der Waals surface area contributed by atoms with Crippen LogP contribution in [0.25, 0.3) is 0 Å². The Morgan fingerprint density at radius 3 is 2.46 bits per heavy atom. The van der Waals surface area contributed by atoms with E-state index < -0.39 is 0 Å². The second-order valence-electron chi connectivity index (χ2n) is 4.62. The van der Waals surface area contributed by atoms with Crippen LogP contribution >= 0.6 is 0 Å². The van der Waals surface area contributed by atoms with E-state index in [2.05, 4.69) is 25.7 Å². The molecule has 2 N–H and O–H groups in total. The van der Waals surface area contributed by atoms with Gasteiger partial charge in [-0.15, -0.1) is 0 Å². The molecule has 2 heteroatoms. The second kappa shape index (κ2) is 4.97. The minimum absolute atomic E-state index is 0.482. The normalized spacial score (nSPS) is 29.1. The molecule has 0 aromatic rings. The summed E-state index contributed by atoms with van der Waals surface area (Å²) >= 11 is 0. The topological polar surface area (TPSA) is 29.3 Å². The average molecular weight is 184 g/mol. The van der Waals surface area contributed by atoms with Gasteiger partial charge in [-0.3, -0.25) is 0 Å². The van der Waals surface area contributed by atoms with Gasteiger partial charge in [-0.05, 0) is 45.6 Å². The molecule has 0 aromatic carbocycles. The molecule has 0 aromatic heterocycles. The molecule has 0 spiro atoms. The van der Waals surface area contributed by atoms with Gasteiger partial charge in [0.15, 0.2) is 0 Å². The molecule has 1 rings (SSSR count). The van der Waals surface area contributed by atoms with Gasteiger partial charge < -0.3 is 10.6 Å². The first-order chi connectivity index (χ1) is 6.13. The zero-order chi connectivity index (χ0) is 9.84.